The third kappa shape index (κ3) is 14.8. The maximum absolute atomic E-state index is 13.8. The van der Waals surface area contributed by atoms with E-state index in [1.807, 2.05) is 12.1 Å². The summed E-state index contributed by atoms with van der Waals surface area (Å²) < 4.78 is 19.6. The number of hydrogen-bond donors (Lipinski definition) is 0. The average molecular weight is 675 g/mol. The molecule has 248 valence electrons. The molecule has 0 aliphatic carbocycles. The Morgan fingerprint density at radius 3 is 1.47 bits per heavy atom. The van der Waals surface area contributed by atoms with Crippen LogP contribution in [0.4, 0.5) is 0 Å². The first-order chi connectivity index (χ1) is 21.3. The van der Waals surface area contributed by atoms with Gasteiger partial charge in [0.1, 0.15) is 17.2 Å². The van der Waals surface area contributed by atoms with Gasteiger partial charge in [0.2, 0.25) is 0 Å². The Labute approximate surface area is 298 Å². The van der Waals surface area contributed by atoms with Crippen molar-refractivity contribution in [3.05, 3.63) is 45.9 Å². The minimum Gasteiger partial charge on any atom is -0.493 e. The molecule has 2 aromatic rings. The van der Waals surface area contributed by atoms with Crippen LogP contribution in [0.2, 0.25) is 10.0 Å². The third-order valence-corrected chi connectivity index (χ3v) is 10.4. The normalized spacial score (nSPS) is 13.3. The molecule has 0 radical (unpaired) electrons. The van der Waals surface area contributed by atoms with Crippen molar-refractivity contribution in [2.75, 3.05) is 19.8 Å². The second-order valence-corrected chi connectivity index (χ2v) is 14.0. The zero-order chi connectivity index (χ0) is 32.3. The monoisotopic (exact) mass is 673 g/mol. The largest absolute Gasteiger partial charge is 1.00 e. The fourth-order valence-corrected chi connectivity index (χ4v) is 7.10. The summed E-state index contributed by atoms with van der Waals surface area (Å²) in [7, 11) is -0.263. The molecule has 4 unspecified atom stereocenters. The minimum atomic E-state index is -0.263. The van der Waals surface area contributed by atoms with E-state index in [4.69, 9.17) is 37.4 Å². The van der Waals surface area contributed by atoms with Crippen molar-refractivity contribution in [1.29, 1.82) is 0 Å². The van der Waals surface area contributed by atoms with Gasteiger partial charge in [0, 0.05) is 12.1 Å². The summed E-state index contributed by atoms with van der Waals surface area (Å²) in [6.45, 7) is 15.1. The number of unbranched alkanes of at least 4 members (excludes halogenated alkanes) is 3. The first kappa shape index (κ1) is 42.1. The van der Waals surface area contributed by atoms with Crippen LogP contribution in [-0.2, 0) is 0 Å². The summed E-state index contributed by atoms with van der Waals surface area (Å²) in [5, 5.41) is 1.47. The van der Waals surface area contributed by atoms with Gasteiger partial charge in [0.05, 0.1) is 40.7 Å². The number of halogens is 2. The van der Waals surface area contributed by atoms with Crippen LogP contribution < -0.4 is 38.4 Å². The van der Waals surface area contributed by atoms with Crippen LogP contribution in [0, 0.1) is 17.8 Å². The number of ether oxygens (including phenoxy) is 3. The predicted octanol–water partition coefficient (Wildman–Crippen LogP) is 8.93. The van der Waals surface area contributed by atoms with E-state index in [2.05, 4.69) is 41.5 Å². The SMILES string of the molecule is CCCCC(CC)COc1cc(OCC(CC)CCCC)c(PC(=O)c2c(Cl)cccc2Cl)c(OCC(CC)CCCC)c1.[Li+]. The van der Waals surface area contributed by atoms with Crippen LogP contribution in [0.15, 0.2) is 30.3 Å². The fourth-order valence-electron chi connectivity index (χ4n) is 5.21. The molecule has 2 aromatic carbocycles. The standard InChI is InChI=1S/C37H57Cl2O4P.Li/c1-7-13-17-27(10-4)24-41-30-22-33(42-25-28(11-5)18-14-8-2)36(34(23-30)43-26-29(12-6)19-15-9-3)44-37(40)35-31(38)20-16-21-32(35)39;/h16,20-23,27-29,44H,7-15,17-19,24-26H2,1-6H3;/q;+1. The summed E-state index contributed by atoms with van der Waals surface area (Å²) in [6.07, 6.45) is 13.6. The van der Waals surface area contributed by atoms with E-state index in [1.54, 1.807) is 18.2 Å². The molecule has 0 saturated carbocycles. The van der Waals surface area contributed by atoms with Gasteiger partial charge in [-0.2, -0.15) is 0 Å². The van der Waals surface area contributed by atoms with Crippen molar-refractivity contribution < 1.29 is 37.9 Å². The van der Waals surface area contributed by atoms with Crippen LogP contribution in [0.3, 0.4) is 0 Å². The van der Waals surface area contributed by atoms with Crippen LogP contribution >= 0.6 is 31.8 Å². The van der Waals surface area contributed by atoms with Gasteiger partial charge in [-0.15, -0.1) is 0 Å². The van der Waals surface area contributed by atoms with Gasteiger partial charge in [-0.1, -0.05) is 129 Å². The van der Waals surface area contributed by atoms with E-state index in [-0.39, 0.29) is 33.0 Å². The first-order valence-corrected chi connectivity index (χ1v) is 18.9. The maximum Gasteiger partial charge on any atom is 1.00 e. The van der Waals surface area contributed by atoms with E-state index < -0.39 is 0 Å². The second-order valence-electron chi connectivity index (χ2n) is 12.0. The molecule has 0 heterocycles. The first-order valence-electron chi connectivity index (χ1n) is 17.1. The number of carbonyl (C=O) groups is 1. The molecule has 0 fully saturated rings. The van der Waals surface area contributed by atoms with Crippen LogP contribution in [0.25, 0.3) is 0 Å². The van der Waals surface area contributed by atoms with Gasteiger partial charge in [-0.3, -0.25) is 4.79 Å². The van der Waals surface area contributed by atoms with Crippen molar-refractivity contribution in [1.82, 2.24) is 0 Å². The quantitative estimate of drug-likeness (QED) is 0.0825. The van der Waals surface area contributed by atoms with Gasteiger partial charge in [0.25, 0.3) is 0 Å². The Hall–Kier alpha value is -0.883. The fraction of sp³-hybridized carbons (Fsp3) is 0.649. The summed E-state index contributed by atoms with van der Waals surface area (Å²) >= 11 is 12.9. The summed E-state index contributed by atoms with van der Waals surface area (Å²) in [5.74, 6) is 3.41. The van der Waals surface area contributed by atoms with E-state index in [9.17, 15) is 4.79 Å². The van der Waals surface area contributed by atoms with Crippen LogP contribution in [-0.4, -0.2) is 25.3 Å². The predicted molar refractivity (Wildman–Crippen MR) is 192 cm³/mol. The topological polar surface area (TPSA) is 44.8 Å². The number of hydrogen-bond acceptors (Lipinski definition) is 4. The van der Waals surface area contributed by atoms with Crippen LogP contribution in [0.1, 0.15) is 129 Å². The molecule has 0 saturated heterocycles. The van der Waals surface area contributed by atoms with E-state index in [0.29, 0.717) is 64.7 Å². The Kier molecular flexibility index (Phi) is 22.7. The molecule has 0 aliphatic rings. The Bertz CT molecular complexity index is 1050. The molecule has 0 amide bonds. The van der Waals surface area contributed by atoms with Gasteiger partial charge in [0.15, 0.2) is 5.52 Å². The van der Waals surface area contributed by atoms with Crippen LogP contribution in [0.5, 0.6) is 17.2 Å². The van der Waals surface area contributed by atoms with Gasteiger partial charge >= 0.3 is 18.9 Å². The molecule has 45 heavy (non-hydrogen) atoms. The number of rotatable bonds is 24. The van der Waals surface area contributed by atoms with E-state index in [1.165, 1.54) is 25.7 Å². The smallest absolute Gasteiger partial charge is 0.493 e. The zero-order valence-corrected chi connectivity index (χ0v) is 31.6. The molecule has 0 N–H and O–H groups in total. The average Bonchev–Trinajstić information content (AvgIpc) is 3.02. The molecule has 0 spiro atoms. The Morgan fingerprint density at radius 1 is 0.689 bits per heavy atom. The maximum atomic E-state index is 13.8. The number of benzene rings is 2. The summed E-state index contributed by atoms with van der Waals surface area (Å²) in [5.41, 5.74) is 0.211. The zero-order valence-electron chi connectivity index (χ0n) is 29.1. The molecule has 4 nitrogen and oxygen atoms in total. The van der Waals surface area contributed by atoms with E-state index >= 15 is 0 Å². The van der Waals surface area contributed by atoms with Crippen molar-refractivity contribution in [2.24, 2.45) is 17.8 Å². The molecular weight excluding hydrogens is 617 g/mol. The molecule has 4 atom stereocenters. The molecule has 2 rings (SSSR count). The second kappa shape index (κ2) is 24.3. The van der Waals surface area contributed by atoms with Gasteiger partial charge in [-0.05, 0) is 57.7 Å². The van der Waals surface area contributed by atoms with Gasteiger partial charge in [-0.25, -0.2) is 0 Å². The van der Waals surface area contributed by atoms with Gasteiger partial charge < -0.3 is 14.2 Å². The minimum absolute atomic E-state index is 0. The van der Waals surface area contributed by atoms with Crippen molar-refractivity contribution in [3.63, 3.8) is 0 Å². The molecule has 8 heteroatoms. The third-order valence-electron chi connectivity index (χ3n) is 8.53. The van der Waals surface area contributed by atoms with Crippen molar-refractivity contribution >= 4 is 42.6 Å². The molecule has 0 bridgehead atoms. The molecular formula is C37H57Cl2LiO4P+. The summed E-state index contributed by atoms with van der Waals surface area (Å²) in [4.78, 5) is 13.8. The Morgan fingerprint density at radius 2 is 1.09 bits per heavy atom. The van der Waals surface area contributed by atoms with E-state index in [0.717, 1.165) is 62.4 Å². The number of carbonyl (C=O) groups excluding carboxylic acids is 1. The van der Waals surface area contributed by atoms with Crippen molar-refractivity contribution in [3.8, 4) is 17.2 Å². The summed E-state index contributed by atoms with van der Waals surface area (Å²) in [6, 6.07) is 9.10. The molecule has 0 aromatic heterocycles. The molecule has 0 aliphatic heterocycles. The Balaban J connectivity index is 0.0000101. The van der Waals surface area contributed by atoms with Crippen molar-refractivity contribution in [2.45, 2.75) is 119 Å².